The lowest BCUT2D eigenvalue weighted by Gasteiger charge is -2.33. The number of rotatable bonds is 5. The van der Waals surface area contributed by atoms with Crippen molar-refractivity contribution < 1.29 is 42.1 Å². The molecule has 0 bridgehead atoms. The number of ether oxygens (including phenoxy) is 1. The molecule has 0 aliphatic carbocycles. The summed E-state index contributed by atoms with van der Waals surface area (Å²) < 4.78 is 47.8. The first-order valence-electron chi connectivity index (χ1n) is 11.7. The van der Waals surface area contributed by atoms with Gasteiger partial charge in [0, 0.05) is 31.1 Å². The molecule has 3 amide bonds. The monoisotopic (exact) mass is 544 g/mol. The number of amides is 3. The number of nitrogens with one attached hydrogen (secondary N) is 1. The Morgan fingerprint density at radius 1 is 1.24 bits per heavy atom. The summed E-state index contributed by atoms with van der Waals surface area (Å²) in [5, 5.41) is 20.4. The van der Waals surface area contributed by atoms with E-state index in [0.29, 0.717) is 10.7 Å². The predicted octanol–water partition coefficient (Wildman–Crippen LogP) is 2.79. The number of nitrogens with zero attached hydrogens (tertiary/aromatic N) is 3. The average molecular weight is 545 g/mol. The van der Waals surface area contributed by atoms with Crippen LogP contribution in [0.25, 0.3) is 0 Å². The van der Waals surface area contributed by atoms with E-state index in [4.69, 9.17) is 4.74 Å². The first-order valence-corrected chi connectivity index (χ1v) is 13.1. The van der Waals surface area contributed by atoms with Crippen LogP contribution in [-0.4, -0.2) is 72.9 Å². The fourth-order valence-electron chi connectivity index (χ4n) is 4.18. The molecule has 12 nitrogen and oxygen atoms in total. The number of benzene rings is 1. The van der Waals surface area contributed by atoms with Crippen molar-refractivity contribution in [3.8, 4) is 5.75 Å². The van der Waals surface area contributed by atoms with Crippen LogP contribution in [0.1, 0.15) is 53.5 Å². The normalized spacial score (nSPS) is 19.0. The van der Waals surface area contributed by atoms with Crippen LogP contribution < -0.4 is 13.9 Å². The fraction of sp³-hybridized carbons (Fsp3) is 0.609. The van der Waals surface area contributed by atoms with Crippen molar-refractivity contribution in [3.63, 3.8) is 0 Å². The molecule has 14 heteroatoms. The molecule has 1 aromatic carbocycles. The van der Waals surface area contributed by atoms with Crippen molar-refractivity contribution in [2.24, 2.45) is 5.41 Å². The van der Waals surface area contributed by atoms with Gasteiger partial charge in [-0.25, -0.2) is 23.0 Å². The molecule has 1 aromatic rings. The van der Waals surface area contributed by atoms with Crippen LogP contribution in [0, 0.1) is 11.2 Å². The number of carboxylic acid groups (broad SMARTS) is 1. The van der Waals surface area contributed by atoms with Gasteiger partial charge in [-0.05, 0) is 32.6 Å². The molecule has 0 aromatic heterocycles. The maximum atomic E-state index is 15.7. The van der Waals surface area contributed by atoms with E-state index in [2.05, 4.69) is 0 Å². The lowest BCUT2D eigenvalue weighted by Crippen LogP contribution is -2.48. The highest BCUT2D eigenvalue weighted by atomic mass is 32.2. The second kappa shape index (κ2) is 9.54. The molecule has 206 valence electrons. The standard InChI is InChI=1S/C23H33FN4O8S/c1-22(2,3)7-8-26(21(33)36-23(4,5)6)11-13-9-14-15(28(13)20(31)32)10-16(29)19(18(14)24)27-12-17(30)25-37(27,34)35/h10,13,29H,7-9,11-12H2,1-6H3,(H,25,30)(H,31,32)/t13-/m1/s1. The summed E-state index contributed by atoms with van der Waals surface area (Å²) in [4.78, 5) is 39.0. The maximum absolute atomic E-state index is 15.7. The van der Waals surface area contributed by atoms with E-state index in [-0.39, 0.29) is 36.2 Å². The molecule has 2 heterocycles. The van der Waals surface area contributed by atoms with Crippen molar-refractivity contribution in [3.05, 3.63) is 17.4 Å². The second-order valence-electron chi connectivity index (χ2n) is 11.3. The quantitative estimate of drug-likeness (QED) is 0.511. The minimum absolute atomic E-state index is 0.135. The van der Waals surface area contributed by atoms with E-state index < -0.39 is 63.7 Å². The Bertz CT molecular complexity index is 1220. The summed E-state index contributed by atoms with van der Waals surface area (Å²) in [6.45, 7) is 10.4. The second-order valence-corrected chi connectivity index (χ2v) is 12.9. The van der Waals surface area contributed by atoms with Gasteiger partial charge in [0.15, 0.2) is 5.82 Å². The minimum Gasteiger partial charge on any atom is -0.506 e. The van der Waals surface area contributed by atoms with Gasteiger partial charge in [0.25, 0.3) is 5.91 Å². The van der Waals surface area contributed by atoms with Gasteiger partial charge in [-0.3, -0.25) is 9.69 Å². The van der Waals surface area contributed by atoms with E-state index in [1.54, 1.807) is 25.5 Å². The van der Waals surface area contributed by atoms with Crippen LogP contribution in [0.5, 0.6) is 5.75 Å². The van der Waals surface area contributed by atoms with Crippen LogP contribution in [0.15, 0.2) is 6.07 Å². The summed E-state index contributed by atoms with van der Waals surface area (Å²) in [6, 6.07) is 0.00624. The molecule has 2 aliphatic heterocycles. The Balaban J connectivity index is 1.99. The summed E-state index contributed by atoms with van der Waals surface area (Å²) in [7, 11) is -4.43. The number of carbonyl (C=O) groups is 3. The molecule has 1 saturated heterocycles. The van der Waals surface area contributed by atoms with Gasteiger partial charge in [0.2, 0.25) is 0 Å². The van der Waals surface area contributed by atoms with E-state index in [1.807, 2.05) is 20.8 Å². The molecular weight excluding hydrogens is 511 g/mol. The SMILES string of the molecule is CC(C)(C)CCN(C[C@H]1Cc2c(cc(O)c(N3CC(=O)NS3(=O)=O)c2F)N1C(=O)O)C(=O)OC(C)(C)C. The third kappa shape index (κ3) is 6.17. The number of anilines is 2. The van der Waals surface area contributed by atoms with Gasteiger partial charge < -0.3 is 19.8 Å². The number of carbonyl (C=O) groups excluding carboxylic acids is 2. The number of hydrogen-bond donors (Lipinski definition) is 3. The lowest BCUT2D eigenvalue weighted by molar-refractivity contribution is -0.117. The molecule has 0 unspecified atom stereocenters. The molecule has 0 saturated carbocycles. The molecular formula is C23H33FN4O8S. The van der Waals surface area contributed by atoms with E-state index in [9.17, 15) is 33.0 Å². The van der Waals surface area contributed by atoms with Crippen LogP contribution in [-0.2, 0) is 26.2 Å². The Kier molecular flexibility index (Phi) is 7.29. The molecule has 0 radical (unpaired) electrons. The van der Waals surface area contributed by atoms with Crippen molar-refractivity contribution in [1.82, 2.24) is 9.62 Å². The largest absolute Gasteiger partial charge is 0.506 e. The molecule has 1 atom stereocenters. The predicted molar refractivity (Wildman–Crippen MR) is 132 cm³/mol. The van der Waals surface area contributed by atoms with Gasteiger partial charge in [-0.2, -0.15) is 8.42 Å². The molecule has 3 rings (SSSR count). The van der Waals surface area contributed by atoms with E-state index in [1.165, 1.54) is 4.90 Å². The van der Waals surface area contributed by atoms with Crippen LogP contribution in [0.4, 0.5) is 25.4 Å². The number of halogens is 1. The zero-order valence-corrected chi connectivity index (χ0v) is 22.5. The molecule has 2 aliphatic rings. The molecule has 3 N–H and O–H groups in total. The smallest absolute Gasteiger partial charge is 0.412 e. The lowest BCUT2D eigenvalue weighted by atomic mass is 9.92. The molecule has 0 spiro atoms. The van der Waals surface area contributed by atoms with Crippen LogP contribution in [0.3, 0.4) is 0 Å². The van der Waals surface area contributed by atoms with Gasteiger partial charge in [0.1, 0.15) is 23.6 Å². The Morgan fingerprint density at radius 2 is 1.86 bits per heavy atom. The number of aromatic hydroxyl groups is 1. The molecule has 1 fully saturated rings. The van der Waals surface area contributed by atoms with Gasteiger partial charge in [0.05, 0.1) is 11.7 Å². The third-order valence-corrected chi connectivity index (χ3v) is 7.23. The van der Waals surface area contributed by atoms with Crippen LogP contribution in [0.2, 0.25) is 0 Å². The average Bonchev–Trinajstić information content (AvgIpc) is 3.18. The van der Waals surface area contributed by atoms with Crippen molar-refractivity contribution in [2.45, 2.75) is 66.0 Å². The first kappa shape index (κ1) is 28.3. The summed E-state index contributed by atoms with van der Waals surface area (Å²) >= 11 is 0. The number of phenols is 1. The Morgan fingerprint density at radius 3 is 2.35 bits per heavy atom. The van der Waals surface area contributed by atoms with Crippen molar-refractivity contribution in [2.75, 3.05) is 28.8 Å². The summed E-state index contributed by atoms with van der Waals surface area (Å²) in [5.74, 6) is -2.92. The van der Waals surface area contributed by atoms with Crippen molar-refractivity contribution >= 4 is 39.7 Å². The third-order valence-electron chi connectivity index (χ3n) is 5.85. The highest BCUT2D eigenvalue weighted by Crippen LogP contribution is 2.44. The van der Waals surface area contributed by atoms with Crippen LogP contribution >= 0.6 is 0 Å². The molecule has 37 heavy (non-hydrogen) atoms. The van der Waals surface area contributed by atoms with Gasteiger partial charge in [-0.1, -0.05) is 20.8 Å². The minimum atomic E-state index is -4.43. The maximum Gasteiger partial charge on any atom is 0.412 e. The van der Waals surface area contributed by atoms with Gasteiger partial charge >= 0.3 is 22.4 Å². The number of phenolic OH excluding ortho intramolecular Hbond substituents is 1. The zero-order valence-electron chi connectivity index (χ0n) is 21.7. The Hall–Kier alpha value is -3.29. The van der Waals surface area contributed by atoms with Crippen molar-refractivity contribution in [1.29, 1.82) is 0 Å². The highest BCUT2D eigenvalue weighted by Gasteiger charge is 2.43. The zero-order chi connectivity index (χ0) is 28.1. The van der Waals surface area contributed by atoms with E-state index >= 15 is 4.39 Å². The highest BCUT2D eigenvalue weighted by molar-refractivity contribution is 7.92. The first-order chi connectivity index (χ1) is 16.8. The number of hydrogen-bond acceptors (Lipinski definition) is 7. The Labute approximate surface area is 215 Å². The van der Waals surface area contributed by atoms with E-state index in [0.717, 1.165) is 11.0 Å². The van der Waals surface area contributed by atoms with Gasteiger partial charge in [-0.15, -0.1) is 0 Å². The summed E-state index contributed by atoms with van der Waals surface area (Å²) in [6.07, 6.45) is -1.73. The summed E-state index contributed by atoms with van der Waals surface area (Å²) in [5.41, 5.74) is -2.03. The fourth-order valence-corrected chi connectivity index (χ4v) is 5.35. The number of fused-ring (bicyclic) bond motifs is 1. The topological polar surface area (TPSA) is 157 Å².